The number of aliphatic hydroxyl groups is 1. The fraction of sp³-hybridized carbons (Fsp3) is 0.696. The predicted octanol–water partition coefficient (Wildman–Crippen LogP) is 15.1. The fourth-order valence-electron chi connectivity index (χ4n) is 6.70. The third-order valence-electron chi connectivity index (χ3n) is 10.8. The number of esters is 3. The lowest BCUT2D eigenvalue weighted by atomic mass is 10.1. The molecule has 0 aromatic rings. The Bertz CT molecular complexity index is 1460. The summed E-state index contributed by atoms with van der Waals surface area (Å²) in [6.07, 6.45) is 55.6. The first-order chi connectivity index (χ1) is 33.2. The monoisotopic (exact) mass is 975 g/mol. The van der Waals surface area contributed by atoms with Crippen LogP contribution in [0, 0.1) is 0 Å². The molecule has 11 nitrogen and oxygen atoms in total. The smallest absolute Gasteiger partial charge is 0.462 e. The van der Waals surface area contributed by atoms with Crippen molar-refractivity contribution in [2.45, 2.75) is 226 Å². The summed E-state index contributed by atoms with van der Waals surface area (Å²) in [5.41, 5.74) is 0. The summed E-state index contributed by atoms with van der Waals surface area (Å²) in [5.74, 6) is -1.53. The largest absolute Gasteiger partial charge is 0.472 e. The van der Waals surface area contributed by atoms with E-state index < -0.39 is 57.8 Å². The molecule has 0 spiro atoms. The Kier molecular flexibility index (Phi) is 47.6. The van der Waals surface area contributed by atoms with Crippen molar-refractivity contribution in [3.8, 4) is 0 Å². The van der Waals surface area contributed by atoms with E-state index in [1.54, 1.807) is 0 Å². The minimum absolute atomic E-state index is 0.123. The zero-order chi connectivity index (χ0) is 49.9. The van der Waals surface area contributed by atoms with Crippen molar-refractivity contribution in [2.75, 3.05) is 26.4 Å². The highest BCUT2D eigenvalue weighted by molar-refractivity contribution is 7.47. The van der Waals surface area contributed by atoms with Gasteiger partial charge in [0.25, 0.3) is 0 Å². The highest BCUT2D eigenvalue weighted by Gasteiger charge is 2.28. The Morgan fingerprint density at radius 1 is 0.426 bits per heavy atom. The molecule has 0 aliphatic heterocycles. The number of allylic oxidation sites excluding steroid dienone is 14. The van der Waals surface area contributed by atoms with Crippen molar-refractivity contribution >= 4 is 25.7 Å². The van der Waals surface area contributed by atoms with Crippen LogP contribution in [-0.2, 0) is 42.2 Å². The maximum absolute atomic E-state index is 12.8. The molecule has 3 unspecified atom stereocenters. The number of carbonyl (C=O) groups excluding carboxylic acids is 3. The Balaban J connectivity index is 4.81. The van der Waals surface area contributed by atoms with Gasteiger partial charge in [-0.1, -0.05) is 176 Å². The van der Waals surface area contributed by atoms with E-state index in [1.165, 1.54) is 25.7 Å². The fourth-order valence-corrected chi connectivity index (χ4v) is 7.48. The molecule has 0 aliphatic rings. The number of rotatable bonds is 48. The van der Waals surface area contributed by atoms with E-state index in [-0.39, 0.29) is 25.9 Å². The molecule has 0 amide bonds. The molecule has 68 heavy (non-hydrogen) atoms. The summed E-state index contributed by atoms with van der Waals surface area (Å²) in [7, 11) is -4.76. The van der Waals surface area contributed by atoms with Crippen LogP contribution < -0.4 is 0 Å². The Hall–Kier alpha value is -3.34. The third kappa shape index (κ3) is 47.7. The number of phosphoric ester groups is 1. The molecule has 12 heteroatoms. The van der Waals surface area contributed by atoms with Crippen LogP contribution in [0.15, 0.2) is 85.1 Å². The van der Waals surface area contributed by atoms with Crippen molar-refractivity contribution in [3.05, 3.63) is 85.1 Å². The molecule has 390 valence electrons. The summed E-state index contributed by atoms with van der Waals surface area (Å²) in [4.78, 5) is 48.3. The summed E-state index contributed by atoms with van der Waals surface area (Å²) in [5, 5.41) is 9.76. The number of hydrogen-bond donors (Lipinski definition) is 2. The van der Waals surface area contributed by atoms with Crippen LogP contribution in [-0.4, -0.2) is 66.5 Å². The molecule has 2 N–H and O–H groups in total. The second kappa shape index (κ2) is 50.1. The first-order valence-electron chi connectivity index (χ1n) is 26.5. The van der Waals surface area contributed by atoms with E-state index in [4.69, 9.17) is 23.3 Å². The highest BCUT2D eigenvalue weighted by Crippen LogP contribution is 2.43. The maximum Gasteiger partial charge on any atom is 0.472 e. The first-order valence-corrected chi connectivity index (χ1v) is 28.0. The topological polar surface area (TPSA) is 155 Å². The van der Waals surface area contributed by atoms with Gasteiger partial charge in [-0.2, -0.15) is 0 Å². The van der Waals surface area contributed by atoms with Gasteiger partial charge in [-0.25, -0.2) is 4.57 Å². The molecule has 0 fully saturated rings. The van der Waals surface area contributed by atoms with Crippen LogP contribution in [0.5, 0.6) is 0 Å². The standard InChI is InChI=1S/C56H95O11P/c1-4-7-10-13-16-19-22-23-24-25-26-27-28-29-32-35-38-41-44-47-56(60)67-53(49-63-54(58)45-42-39-36-33-30-20-17-14-11-8-5-2)51-65-68(61,62)64-50-52(48-57)66-55(59)46-43-40-37-34-31-21-18-15-12-9-6-3/h7,10,14-19,23-24,26-27,29,32,52-53,57H,4-6,8-9,11-13,20-22,25,28,30-31,33-51H2,1-3H3,(H,61,62)/b10-7-,17-14-,18-15-,19-16-,24-23-,27-26-,32-29-. The van der Waals surface area contributed by atoms with E-state index in [2.05, 4.69) is 106 Å². The minimum atomic E-state index is -4.76. The zero-order valence-electron chi connectivity index (χ0n) is 42.8. The summed E-state index contributed by atoms with van der Waals surface area (Å²) in [6, 6.07) is 0. The van der Waals surface area contributed by atoms with Crippen molar-refractivity contribution in [1.29, 1.82) is 0 Å². The van der Waals surface area contributed by atoms with E-state index >= 15 is 0 Å². The molecule has 0 aliphatic carbocycles. The number of carbonyl (C=O) groups is 3. The van der Waals surface area contributed by atoms with Gasteiger partial charge >= 0.3 is 25.7 Å². The molecular weight excluding hydrogens is 880 g/mol. The van der Waals surface area contributed by atoms with E-state index in [0.717, 1.165) is 128 Å². The average molecular weight is 975 g/mol. The van der Waals surface area contributed by atoms with Crippen molar-refractivity contribution in [2.24, 2.45) is 0 Å². The van der Waals surface area contributed by atoms with Gasteiger partial charge in [0.15, 0.2) is 6.10 Å². The van der Waals surface area contributed by atoms with E-state index in [1.807, 2.05) is 0 Å². The molecule has 0 rings (SSSR count). The van der Waals surface area contributed by atoms with Crippen LogP contribution in [0.3, 0.4) is 0 Å². The number of ether oxygens (including phenoxy) is 3. The predicted molar refractivity (Wildman–Crippen MR) is 279 cm³/mol. The molecule has 0 radical (unpaired) electrons. The van der Waals surface area contributed by atoms with Gasteiger partial charge in [-0.3, -0.25) is 23.4 Å². The van der Waals surface area contributed by atoms with Crippen LogP contribution in [0.25, 0.3) is 0 Å². The van der Waals surface area contributed by atoms with Crippen molar-refractivity contribution in [1.82, 2.24) is 0 Å². The van der Waals surface area contributed by atoms with Crippen molar-refractivity contribution in [3.63, 3.8) is 0 Å². The van der Waals surface area contributed by atoms with Gasteiger partial charge in [-0.05, 0) is 103 Å². The van der Waals surface area contributed by atoms with Gasteiger partial charge in [0.1, 0.15) is 12.7 Å². The first kappa shape index (κ1) is 64.7. The second-order valence-electron chi connectivity index (χ2n) is 17.3. The van der Waals surface area contributed by atoms with Crippen LogP contribution in [0.2, 0.25) is 0 Å². The zero-order valence-corrected chi connectivity index (χ0v) is 43.7. The number of hydrogen-bond acceptors (Lipinski definition) is 10. The quantitative estimate of drug-likeness (QED) is 0.0197. The number of unbranched alkanes of at least 4 members (excludes halogenated alkanes) is 17. The molecular formula is C56H95O11P. The second-order valence-corrected chi connectivity index (χ2v) is 18.8. The molecule has 0 saturated carbocycles. The molecule has 0 saturated heterocycles. The maximum atomic E-state index is 12.8. The molecule has 0 heterocycles. The van der Waals surface area contributed by atoms with Crippen molar-refractivity contribution < 1.29 is 52.2 Å². The van der Waals surface area contributed by atoms with Crippen LogP contribution >= 0.6 is 7.82 Å². The highest BCUT2D eigenvalue weighted by atomic mass is 31.2. The van der Waals surface area contributed by atoms with E-state index in [0.29, 0.717) is 19.3 Å². The van der Waals surface area contributed by atoms with Gasteiger partial charge in [0, 0.05) is 19.3 Å². The van der Waals surface area contributed by atoms with Gasteiger partial charge in [0.05, 0.1) is 19.8 Å². The Labute approximate surface area is 413 Å². The summed E-state index contributed by atoms with van der Waals surface area (Å²) >= 11 is 0. The lowest BCUT2D eigenvalue weighted by molar-refractivity contribution is -0.161. The Morgan fingerprint density at radius 2 is 0.765 bits per heavy atom. The van der Waals surface area contributed by atoms with Crippen LogP contribution in [0.1, 0.15) is 213 Å². The van der Waals surface area contributed by atoms with Gasteiger partial charge < -0.3 is 24.2 Å². The lowest BCUT2D eigenvalue weighted by Gasteiger charge is -2.21. The lowest BCUT2D eigenvalue weighted by Crippen LogP contribution is -2.30. The summed E-state index contributed by atoms with van der Waals surface area (Å²) in [6.45, 7) is 4.37. The van der Waals surface area contributed by atoms with Gasteiger partial charge in [-0.15, -0.1) is 0 Å². The number of phosphoric acid groups is 1. The molecule has 0 bridgehead atoms. The number of aliphatic hydroxyl groups excluding tert-OH is 1. The molecule has 0 aromatic carbocycles. The van der Waals surface area contributed by atoms with Gasteiger partial charge in [0.2, 0.25) is 0 Å². The SMILES string of the molecule is CC/C=C\C/C=C\C/C=C\C/C=C\C/C=C\CCCCCC(=O)OC(COC(=O)CCCCCCC/C=C\CCCC)COP(=O)(O)OCC(CO)OC(=O)CCCCCCC/C=C\CCCC. The average Bonchev–Trinajstić information content (AvgIpc) is 3.32. The minimum Gasteiger partial charge on any atom is -0.462 e. The normalized spacial score (nSPS) is 14.1. The van der Waals surface area contributed by atoms with Crippen LogP contribution in [0.4, 0.5) is 0 Å². The van der Waals surface area contributed by atoms with E-state index in [9.17, 15) is 28.9 Å². The molecule has 3 atom stereocenters. The Morgan fingerprint density at radius 3 is 1.21 bits per heavy atom. The third-order valence-corrected chi connectivity index (χ3v) is 11.7. The summed E-state index contributed by atoms with van der Waals surface area (Å²) < 4.78 is 39.3. The molecule has 0 aromatic heterocycles.